The molecule has 110 valence electrons. The highest BCUT2D eigenvalue weighted by atomic mass is 79.9. The number of nitro benzene ring substituents is 1. The van der Waals surface area contributed by atoms with Gasteiger partial charge in [-0.3, -0.25) is 10.1 Å². The Morgan fingerprint density at radius 3 is 2.85 bits per heavy atom. The van der Waals surface area contributed by atoms with Crippen molar-refractivity contribution in [2.45, 2.75) is 18.9 Å². The molecule has 0 bridgehead atoms. The Bertz CT molecular complexity index is 464. The first kappa shape index (κ1) is 15.2. The molecule has 0 atom stereocenters. The van der Waals surface area contributed by atoms with E-state index in [-0.39, 0.29) is 5.69 Å². The Hall–Kier alpha value is -1.18. The minimum Gasteiger partial charge on any atom is -0.382 e. The second-order valence-electron chi connectivity index (χ2n) is 4.67. The third kappa shape index (κ3) is 4.43. The van der Waals surface area contributed by atoms with Crippen LogP contribution in [0.25, 0.3) is 0 Å². The van der Waals surface area contributed by atoms with E-state index in [1.807, 2.05) is 0 Å². The van der Waals surface area contributed by atoms with E-state index in [2.05, 4.69) is 26.6 Å². The normalized spacial score (nSPS) is 16.1. The number of halogens is 1. The summed E-state index contributed by atoms with van der Waals surface area (Å²) in [5.41, 5.74) is 0.915. The van der Waals surface area contributed by atoms with Crippen molar-refractivity contribution in [3.05, 3.63) is 32.8 Å². The van der Waals surface area contributed by atoms with Crippen LogP contribution in [0.4, 0.5) is 11.4 Å². The molecule has 1 saturated heterocycles. The van der Waals surface area contributed by atoms with Gasteiger partial charge in [0.1, 0.15) is 0 Å². The summed E-state index contributed by atoms with van der Waals surface area (Å²) in [6.07, 6.45) is 2.46. The summed E-state index contributed by atoms with van der Waals surface area (Å²) in [6, 6.07) is 4.68. The van der Waals surface area contributed by atoms with Gasteiger partial charge in [-0.15, -0.1) is 0 Å². The molecule has 1 aliphatic heterocycles. The number of hydrogen-bond acceptors (Lipinski definition) is 5. The van der Waals surface area contributed by atoms with E-state index in [1.165, 1.54) is 12.1 Å². The lowest BCUT2D eigenvalue weighted by Gasteiger charge is -2.23. The van der Waals surface area contributed by atoms with Crippen LogP contribution in [0.5, 0.6) is 0 Å². The summed E-state index contributed by atoms with van der Waals surface area (Å²) in [5.74, 6) is 0. The zero-order valence-corrected chi connectivity index (χ0v) is 12.7. The molecule has 0 aliphatic carbocycles. The summed E-state index contributed by atoms with van der Waals surface area (Å²) in [5, 5.41) is 17.1. The summed E-state index contributed by atoms with van der Waals surface area (Å²) in [6.45, 7) is 3.35. The molecule has 0 unspecified atom stereocenters. The van der Waals surface area contributed by atoms with Gasteiger partial charge < -0.3 is 15.4 Å². The van der Waals surface area contributed by atoms with Crippen molar-refractivity contribution in [3.8, 4) is 0 Å². The van der Waals surface area contributed by atoms with Crippen molar-refractivity contribution >= 4 is 27.3 Å². The zero-order chi connectivity index (χ0) is 14.4. The van der Waals surface area contributed by atoms with Gasteiger partial charge in [0.25, 0.3) is 5.69 Å². The lowest BCUT2D eigenvalue weighted by molar-refractivity contribution is -0.384. The lowest BCUT2D eigenvalue weighted by Crippen LogP contribution is -2.33. The van der Waals surface area contributed by atoms with Gasteiger partial charge in [-0.25, -0.2) is 0 Å². The zero-order valence-electron chi connectivity index (χ0n) is 11.1. The molecule has 1 heterocycles. The molecule has 1 aromatic carbocycles. The van der Waals surface area contributed by atoms with Crippen LogP contribution in [0.1, 0.15) is 12.8 Å². The molecule has 0 amide bonds. The van der Waals surface area contributed by atoms with Crippen molar-refractivity contribution in [1.82, 2.24) is 5.32 Å². The van der Waals surface area contributed by atoms with Gasteiger partial charge in [-0.05, 0) is 47.9 Å². The van der Waals surface area contributed by atoms with Crippen LogP contribution in [-0.4, -0.2) is 37.3 Å². The number of rotatable bonds is 6. The molecular formula is C13H18BrN3O3. The van der Waals surface area contributed by atoms with Gasteiger partial charge >= 0.3 is 0 Å². The molecule has 0 saturated carbocycles. The minimum absolute atomic E-state index is 0.0772. The highest BCUT2D eigenvalue weighted by Gasteiger charge is 2.13. The van der Waals surface area contributed by atoms with Crippen molar-refractivity contribution in [3.63, 3.8) is 0 Å². The monoisotopic (exact) mass is 343 g/mol. The maximum atomic E-state index is 10.6. The molecule has 1 aromatic rings. The predicted molar refractivity (Wildman–Crippen MR) is 81.1 cm³/mol. The number of hydrogen-bond donors (Lipinski definition) is 2. The molecular weight excluding hydrogens is 326 g/mol. The van der Waals surface area contributed by atoms with Crippen molar-refractivity contribution in [1.29, 1.82) is 0 Å². The third-order valence-electron chi connectivity index (χ3n) is 3.22. The van der Waals surface area contributed by atoms with E-state index < -0.39 is 4.92 Å². The Kier molecular flexibility index (Phi) is 5.75. The molecule has 1 aliphatic rings. The SMILES string of the molecule is O=[N+]([O-])c1ccc(NCCOC2CCNCC2)c(Br)c1. The molecule has 0 spiro atoms. The number of anilines is 1. The van der Waals surface area contributed by atoms with E-state index in [0.717, 1.165) is 31.6 Å². The number of nitrogens with one attached hydrogen (secondary N) is 2. The van der Waals surface area contributed by atoms with Gasteiger partial charge in [0, 0.05) is 28.8 Å². The highest BCUT2D eigenvalue weighted by Crippen LogP contribution is 2.26. The fourth-order valence-electron chi connectivity index (χ4n) is 2.13. The maximum absolute atomic E-state index is 10.6. The van der Waals surface area contributed by atoms with Crippen molar-refractivity contribution in [2.24, 2.45) is 0 Å². The number of ether oxygens (including phenoxy) is 1. The van der Waals surface area contributed by atoms with Crippen LogP contribution in [-0.2, 0) is 4.74 Å². The second-order valence-corrected chi connectivity index (χ2v) is 5.52. The fourth-order valence-corrected chi connectivity index (χ4v) is 2.64. The van der Waals surface area contributed by atoms with E-state index in [1.54, 1.807) is 6.07 Å². The Labute approximate surface area is 126 Å². The molecule has 2 rings (SSSR count). The number of piperidine rings is 1. The van der Waals surface area contributed by atoms with Gasteiger partial charge in [-0.2, -0.15) is 0 Å². The second kappa shape index (κ2) is 7.56. The molecule has 7 heteroatoms. The first-order chi connectivity index (χ1) is 9.66. The smallest absolute Gasteiger partial charge is 0.270 e. The van der Waals surface area contributed by atoms with Gasteiger partial charge in [0.05, 0.1) is 17.6 Å². The summed E-state index contributed by atoms with van der Waals surface area (Å²) >= 11 is 3.33. The quantitative estimate of drug-likeness (QED) is 0.471. The molecule has 0 aromatic heterocycles. The average Bonchev–Trinajstić information content (AvgIpc) is 2.46. The first-order valence-corrected chi connectivity index (χ1v) is 7.46. The Morgan fingerprint density at radius 2 is 2.20 bits per heavy atom. The van der Waals surface area contributed by atoms with E-state index in [4.69, 9.17) is 4.74 Å². The maximum Gasteiger partial charge on any atom is 0.270 e. The summed E-state index contributed by atoms with van der Waals surface area (Å²) < 4.78 is 6.47. The third-order valence-corrected chi connectivity index (χ3v) is 3.88. The number of nitrogens with zero attached hydrogens (tertiary/aromatic N) is 1. The lowest BCUT2D eigenvalue weighted by atomic mass is 10.1. The van der Waals surface area contributed by atoms with E-state index >= 15 is 0 Å². The molecule has 20 heavy (non-hydrogen) atoms. The molecule has 1 fully saturated rings. The van der Waals surface area contributed by atoms with Crippen LogP contribution < -0.4 is 10.6 Å². The topological polar surface area (TPSA) is 76.4 Å². The Balaban J connectivity index is 1.74. The van der Waals surface area contributed by atoms with E-state index in [0.29, 0.717) is 23.7 Å². The van der Waals surface area contributed by atoms with E-state index in [9.17, 15) is 10.1 Å². The average molecular weight is 344 g/mol. The van der Waals surface area contributed by atoms with Crippen LogP contribution in [0.15, 0.2) is 22.7 Å². The Morgan fingerprint density at radius 1 is 1.45 bits per heavy atom. The predicted octanol–water partition coefficient (Wildman–Crippen LogP) is 2.54. The van der Waals surface area contributed by atoms with Crippen molar-refractivity contribution < 1.29 is 9.66 Å². The van der Waals surface area contributed by atoms with Gasteiger partial charge in [0.15, 0.2) is 0 Å². The fraction of sp³-hybridized carbons (Fsp3) is 0.538. The minimum atomic E-state index is -0.408. The summed E-state index contributed by atoms with van der Waals surface area (Å²) in [4.78, 5) is 10.2. The van der Waals surface area contributed by atoms with Gasteiger partial charge in [-0.1, -0.05) is 0 Å². The van der Waals surface area contributed by atoms with Crippen LogP contribution >= 0.6 is 15.9 Å². The van der Waals surface area contributed by atoms with Crippen LogP contribution in [0.3, 0.4) is 0 Å². The van der Waals surface area contributed by atoms with Crippen LogP contribution in [0.2, 0.25) is 0 Å². The molecule has 6 nitrogen and oxygen atoms in total. The highest BCUT2D eigenvalue weighted by molar-refractivity contribution is 9.10. The largest absolute Gasteiger partial charge is 0.382 e. The van der Waals surface area contributed by atoms with Crippen molar-refractivity contribution in [2.75, 3.05) is 31.6 Å². The number of non-ortho nitro benzene ring substituents is 1. The van der Waals surface area contributed by atoms with Gasteiger partial charge in [0.2, 0.25) is 0 Å². The number of nitro groups is 1. The molecule has 2 N–H and O–H groups in total. The summed E-state index contributed by atoms with van der Waals surface area (Å²) in [7, 11) is 0. The molecule has 0 radical (unpaired) electrons. The standard InChI is InChI=1S/C13H18BrN3O3/c14-12-9-10(17(18)19)1-2-13(12)16-7-8-20-11-3-5-15-6-4-11/h1-2,9,11,15-16H,3-8H2. The number of benzene rings is 1. The first-order valence-electron chi connectivity index (χ1n) is 6.67. The van der Waals surface area contributed by atoms with Crippen LogP contribution in [0, 0.1) is 10.1 Å².